The first kappa shape index (κ1) is 22.4. The summed E-state index contributed by atoms with van der Waals surface area (Å²) in [5.74, 6) is 0.598. The first-order valence-corrected chi connectivity index (χ1v) is 11.0. The summed E-state index contributed by atoms with van der Waals surface area (Å²) in [5, 5.41) is 6.20. The number of hydrogen-bond donors (Lipinski definition) is 0. The van der Waals surface area contributed by atoms with Crippen molar-refractivity contribution < 1.29 is 4.79 Å². The summed E-state index contributed by atoms with van der Waals surface area (Å²) in [4.78, 5) is 16.3. The highest BCUT2D eigenvalue weighted by Gasteiger charge is 2.38. The lowest BCUT2D eigenvalue weighted by molar-refractivity contribution is -0.109. The number of aryl methyl sites for hydroxylation is 1. The van der Waals surface area contributed by atoms with E-state index in [0.717, 1.165) is 41.3 Å². The molecule has 2 aromatic heterocycles. The molecule has 1 aliphatic carbocycles. The van der Waals surface area contributed by atoms with Gasteiger partial charge in [0.25, 0.3) is 0 Å². The molecule has 2 unspecified atom stereocenters. The fraction of sp³-hybridized carbons (Fsp3) is 0.409. The van der Waals surface area contributed by atoms with Crippen molar-refractivity contribution in [2.45, 2.75) is 57.0 Å². The predicted octanol–water partition coefficient (Wildman–Crippen LogP) is 6.01. The van der Waals surface area contributed by atoms with E-state index in [-0.39, 0.29) is 5.92 Å². The third-order valence-electron chi connectivity index (χ3n) is 4.44. The van der Waals surface area contributed by atoms with Gasteiger partial charge in [-0.15, -0.1) is 0 Å². The molecule has 2 heterocycles. The molecule has 1 saturated carbocycles. The fourth-order valence-electron chi connectivity index (χ4n) is 2.86. The van der Waals surface area contributed by atoms with Crippen LogP contribution in [0.2, 0.25) is 5.02 Å². The van der Waals surface area contributed by atoms with E-state index < -0.39 is 0 Å². The van der Waals surface area contributed by atoms with Gasteiger partial charge in [0.1, 0.15) is 11.3 Å². The van der Waals surface area contributed by atoms with Gasteiger partial charge in [-0.1, -0.05) is 55.4 Å². The Hall–Kier alpha value is -1.85. The van der Waals surface area contributed by atoms with Gasteiger partial charge < -0.3 is 4.79 Å². The molecule has 1 fully saturated rings. The second-order valence-corrected chi connectivity index (χ2v) is 7.75. The Kier molecular flexibility index (Phi) is 9.00. The Morgan fingerprint density at radius 3 is 2.75 bits per heavy atom. The van der Waals surface area contributed by atoms with Crippen LogP contribution >= 0.6 is 23.4 Å². The van der Waals surface area contributed by atoms with Gasteiger partial charge >= 0.3 is 0 Å². The Morgan fingerprint density at radius 2 is 2.18 bits per heavy atom. The molecule has 0 spiro atoms. The van der Waals surface area contributed by atoms with Crippen LogP contribution in [0, 0.1) is 11.8 Å². The number of hydrogen-bond acceptors (Lipinski definition) is 4. The number of nitrogens with zero attached hydrogens (tertiary/aromatic N) is 3. The maximum Gasteiger partial charge on any atom is 0.123 e. The minimum absolute atomic E-state index is 0.201. The molecule has 0 radical (unpaired) electrons. The molecule has 150 valence electrons. The molecule has 0 bridgehead atoms. The molecule has 3 rings (SSSR count). The molecule has 4 nitrogen and oxygen atoms in total. The number of allylic oxidation sites excluding steroid dienone is 4. The first-order valence-electron chi connectivity index (χ1n) is 9.78. The van der Waals surface area contributed by atoms with E-state index in [4.69, 9.17) is 11.6 Å². The van der Waals surface area contributed by atoms with Gasteiger partial charge in [0, 0.05) is 31.3 Å². The smallest absolute Gasteiger partial charge is 0.123 e. The maximum atomic E-state index is 10.9. The summed E-state index contributed by atoms with van der Waals surface area (Å²) in [7, 11) is 0. The molecule has 2 atom stereocenters. The lowest BCUT2D eigenvalue weighted by Crippen LogP contribution is -1.95. The lowest BCUT2D eigenvalue weighted by atomic mass is 10.1. The van der Waals surface area contributed by atoms with E-state index in [1.54, 1.807) is 18.0 Å². The summed E-state index contributed by atoms with van der Waals surface area (Å²) in [6, 6.07) is 3.76. The standard InChI is InChI=1S/C20H22ClN3OS.C2H6/c1-3-14(17-10-15(17)13-25)6-5-7-18-19(12-24(4-2)23-18)26-20-9-8-16(21)11-22-20;1-2/h3,5-6,8-9,11-13,15,17H,4,7,10H2,1-2H3;1-2H3/b6-5-,14-3+;. The number of rotatable bonds is 8. The molecule has 28 heavy (non-hydrogen) atoms. The molecule has 0 N–H and O–H groups in total. The van der Waals surface area contributed by atoms with Crippen LogP contribution in [0.15, 0.2) is 58.2 Å². The zero-order valence-corrected chi connectivity index (χ0v) is 18.5. The quantitative estimate of drug-likeness (QED) is 0.389. The molecule has 6 heteroatoms. The van der Waals surface area contributed by atoms with Crippen molar-refractivity contribution >= 4 is 29.6 Å². The van der Waals surface area contributed by atoms with Crippen molar-refractivity contribution in [2.24, 2.45) is 11.8 Å². The van der Waals surface area contributed by atoms with Crippen molar-refractivity contribution in [1.29, 1.82) is 0 Å². The molecule has 0 saturated heterocycles. The summed E-state index contributed by atoms with van der Waals surface area (Å²) < 4.78 is 1.95. The molecule has 0 aliphatic heterocycles. The summed E-state index contributed by atoms with van der Waals surface area (Å²) in [6.07, 6.45) is 12.9. The number of carbonyl (C=O) groups is 1. The Bertz CT molecular complexity index is 827. The van der Waals surface area contributed by atoms with Gasteiger partial charge in [-0.3, -0.25) is 4.68 Å². The average molecular weight is 418 g/mol. The second kappa shape index (κ2) is 11.2. The number of pyridine rings is 1. The number of aromatic nitrogens is 3. The van der Waals surface area contributed by atoms with Crippen LogP contribution in [-0.2, 0) is 17.8 Å². The molecular formula is C22H28ClN3OS. The van der Waals surface area contributed by atoms with E-state index in [0.29, 0.717) is 10.9 Å². The van der Waals surface area contributed by atoms with Crippen LogP contribution < -0.4 is 0 Å². The molecule has 0 amide bonds. The molecule has 1 aliphatic rings. The SMILES string of the molecule is C/C=C(\C=C/Cc1nn(CC)cc1Sc1ccc(Cl)cn1)C1CC1C=O.CC. The monoisotopic (exact) mass is 417 g/mol. The van der Waals surface area contributed by atoms with E-state index >= 15 is 0 Å². The molecule has 2 aromatic rings. The van der Waals surface area contributed by atoms with Gasteiger partial charge in [0.2, 0.25) is 0 Å². The van der Waals surface area contributed by atoms with Crippen LogP contribution in [0.5, 0.6) is 0 Å². The highest BCUT2D eigenvalue weighted by atomic mass is 35.5. The van der Waals surface area contributed by atoms with Crippen molar-refractivity contribution in [3.8, 4) is 0 Å². The van der Waals surface area contributed by atoms with E-state index in [2.05, 4.69) is 41.4 Å². The Balaban J connectivity index is 0.00000136. The van der Waals surface area contributed by atoms with Crippen LogP contribution in [-0.4, -0.2) is 21.1 Å². The third kappa shape index (κ3) is 6.08. The topological polar surface area (TPSA) is 47.8 Å². The summed E-state index contributed by atoms with van der Waals surface area (Å²) in [5.41, 5.74) is 2.27. The van der Waals surface area contributed by atoms with Crippen LogP contribution in [0.4, 0.5) is 0 Å². The van der Waals surface area contributed by atoms with Crippen molar-refractivity contribution in [2.75, 3.05) is 0 Å². The van der Waals surface area contributed by atoms with Crippen LogP contribution in [0.3, 0.4) is 0 Å². The van der Waals surface area contributed by atoms with Crippen molar-refractivity contribution in [1.82, 2.24) is 14.8 Å². The lowest BCUT2D eigenvalue weighted by Gasteiger charge is -2.01. The summed E-state index contributed by atoms with van der Waals surface area (Å²) in [6.45, 7) is 8.93. The van der Waals surface area contributed by atoms with Crippen LogP contribution in [0.25, 0.3) is 0 Å². The van der Waals surface area contributed by atoms with Gasteiger partial charge in [0.15, 0.2) is 0 Å². The third-order valence-corrected chi connectivity index (χ3v) is 5.67. The average Bonchev–Trinajstić information content (AvgIpc) is 3.41. The highest BCUT2D eigenvalue weighted by Crippen LogP contribution is 2.43. The maximum absolute atomic E-state index is 10.9. The van der Waals surface area contributed by atoms with Gasteiger partial charge in [-0.05, 0) is 43.9 Å². The van der Waals surface area contributed by atoms with Gasteiger partial charge in [-0.25, -0.2) is 4.98 Å². The fourth-order valence-corrected chi connectivity index (χ4v) is 3.85. The van der Waals surface area contributed by atoms with E-state index in [9.17, 15) is 4.79 Å². The van der Waals surface area contributed by atoms with Gasteiger partial charge in [0.05, 0.1) is 15.6 Å². The number of aldehydes is 1. The minimum atomic E-state index is 0.201. The normalized spacial score (nSPS) is 18.7. The summed E-state index contributed by atoms with van der Waals surface area (Å²) >= 11 is 7.51. The highest BCUT2D eigenvalue weighted by molar-refractivity contribution is 7.99. The molecular weight excluding hydrogens is 390 g/mol. The van der Waals surface area contributed by atoms with Crippen molar-refractivity contribution in [3.05, 3.63) is 59.0 Å². The Morgan fingerprint density at radius 1 is 1.39 bits per heavy atom. The van der Waals surface area contributed by atoms with Crippen molar-refractivity contribution in [3.63, 3.8) is 0 Å². The van der Waals surface area contributed by atoms with Gasteiger partial charge in [-0.2, -0.15) is 5.10 Å². The van der Waals surface area contributed by atoms with Crippen LogP contribution in [0.1, 0.15) is 39.8 Å². The largest absolute Gasteiger partial charge is 0.303 e. The first-order chi connectivity index (χ1) is 13.6. The zero-order chi connectivity index (χ0) is 20.5. The minimum Gasteiger partial charge on any atom is -0.303 e. The zero-order valence-electron chi connectivity index (χ0n) is 16.9. The van der Waals surface area contributed by atoms with E-state index in [1.807, 2.05) is 37.6 Å². The van der Waals surface area contributed by atoms with E-state index in [1.165, 1.54) is 5.57 Å². The number of carbonyl (C=O) groups excluding carboxylic acids is 1. The number of halogens is 1. The predicted molar refractivity (Wildman–Crippen MR) is 117 cm³/mol. The second-order valence-electron chi connectivity index (χ2n) is 6.25. The Labute approximate surface area is 177 Å². The molecule has 0 aromatic carbocycles.